The number of nitrogens with zero attached hydrogens (tertiary/aromatic N) is 2. The highest BCUT2D eigenvalue weighted by Gasteiger charge is 2.34. The molecule has 2 atom stereocenters. The van der Waals surface area contributed by atoms with Gasteiger partial charge >= 0.3 is 0 Å². The number of pyridine rings is 1. The summed E-state index contributed by atoms with van der Waals surface area (Å²) >= 11 is 7.46. The third kappa shape index (κ3) is 5.28. The number of halogens is 1. The first-order chi connectivity index (χ1) is 17.5. The molecule has 6 nitrogen and oxygen atoms in total. The molecule has 0 radical (unpaired) electrons. The minimum atomic E-state index is -0.819. The molecule has 1 fully saturated rings. The van der Waals surface area contributed by atoms with Gasteiger partial charge in [-0.1, -0.05) is 48.0 Å². The highest BCUT2D eigenvalue weighted by molar-refractivity contribution is 7.20. The largest absolute Gasteiger partial charge is 0.371 e. The molecule has 1 aliphatic rings. The summed E-state index contributed by atoms with van der Waals surface area (Å²) in [6.07, 6.45) is 5.19. The molecule has 0 aliphatic carbocycles. The Labute approximate surface area is 219 Å². The van der Waals surface area contributed by atoms with Gasteiger partial charge in [-0.05, 0) is 60.0 Å². The molecule has 2 aromatic heterocycles. The van der Waals surface area contributed by atoms with Crippen LogP contribution in [-0.2, 0) is 4.79 Å². The predicted octanol–water partition coefficient (Wildman–Crippen LogP) is 5.23. The second kappa shape index (κ2) is 10.8. The molecule has 3 N–H and O–H groups in total. The van der Waals surface area contributed by atoms with Gasteiger partial charge in [-0.2, -0.15) is 0 Å². The van der Waals surface area contributed by atoms with Gasteiger partial charge in [-0.25, -0.2) is 0 Å². The summed E-state index contributed by atoms with van der Waals surface area (Å²) in [6, 6.07) is 19.2. The number of benzene rings is 2. The van der Waals surface area contributed by atoms with Crippen LogP contribution in [0.2, 0.25) is 5.02 Å². The van der Waals surface area contributed by atoms with Gasteiger partial charge in [0.05, 0.1) is 10.9 Å². The van der Waals surface area contributed by atoms with Crippen molar-refractivity contribution < 1.29 is 9.59 Å². The molecular weight excluding hydrogens is 492 g/mol. The highest BCUT2D eigenvalue weighted by atomic mass is 35.5. The first kappa shape index (κ1) is 24.4. The lowest BCUT2D eigenvalue weighted by molar-refractivity contribution is -0.123. The number of hydrogen-bond acceptors (Lipinski definition) is 6. The Kier molecular flexibility index (Phi) is 7.32. The Hall–Kier alpha value is -3.26. The SMILES string of the molecule is NC(C(=O)[C@H](NC(=O)c1cc2ccc(Cl)cc2s1)c1ccccc1)C1CCN(c2ccncc2)CC1. The van der Waals surface area contributed by atoms with Crippen LogP contribution < -0.4 is 16.0 Å². The van der Waals surface area contributed by atoms with Crippen molar-refractivity contribution in [3.05, 3.63) is 94.6 Å². The fraction of sp³-hybridized carbons (Fsp3) is 0.250. The van der Waals surface area contributed by atoms with E-state index in [4.69, 9.17) is 17.3 Å². The molecule has 3 heterocycles. The molecule has 1 unspecified atom stereocenters. The molecule has 4 aromatic rings. The van der Waals surface area contributed by atoms with Crippen LogP contribution in [0.5, 0.6) is 0 Å². The fourth-order valence-electron chi connectivity index (χ4n) is 4.78. The molecule has 2 aromatic carbocycles. The number of thiophene rings is 1. The van der Waals surface area contributed by atoms with Crippen LogP contribution in [0.1, 0.15) is 34.1 Å². The van der Waals surface area contributed by atoms with Crippen LogP contribution in [0, 0.1) is 5.92 Å². The summed E-state index contributed by atoms with van der Waals surface area (Å²) in [7, 11) is 0. The van der Waals surface area contributed by atoms with Gasteiger partial charge in [0.1, 0.15) is 6.04 Å². The zero-order chi connectivity index (χ0) is 25.1. The van der Waals surface area contributed by atoms with Crippen molar-refractivity contribution in [1.82, 2.24) is 10.3 Å². The molecule has 0 bridgehead atoms. The van der Waals surface area contributed by atoms with E-state index < -0.39 is 12.1 Å². The van der Waals surface area contributed by atoms with E-state index in [1.54, 1.807) is 18.5 Å². The number of anilines is 1. The van der Waals surface area contributed by atoms with Crippen LogP contribution in [0.3, 0.4) is 0 Å². The zero-order valence-corrected chi connectivity index (χ0v) is 21.2. The second-order valence-corrected chi connectivity index (χ2v) is 10.6. The number of hydrogen-bond donors (Lipinski definition) is 2. The Morgan fingerprint density at radius 3 is 2.47 bits per heavy atom. The number of Topliss-reactive ketones (excluding diaryl/α,β-unsaturated/α-hetero) is 1. The number of piperidine rings is 1. The number of nitrogens with two attached hydrogens (primary N) is 1. The Bertz CT molecular complexity index is 1350. The number of nitrogens with one attached hydrogen (secondary N) is 1. The Morgan fingerprint density at radius 1 is 1.03 bits per heavy atom. The van der Waals surface area contributed by atoms with Gasteiger partial charge < -0.3 is 16.0 Å². The molecule has 36 heavy (non-hydrogen) atoms. The first-order valence-electron chi connectivity index (χ1n) is 12.0. The van der Waals surface area contributed by atoms with E-state index in [9.17, 15) is 9.59 Å². The third-order valence-corrected chi connectivity index (χ3v) is 8.13. The van der Waals surface area contributed by atoms with Crippen LogP contribution in [-0.4, -0.2) is 35.8 Å². The first-order valence-corrected chi connectivity index (χ1v) is 13.2. The van der Waals surface area contributed by atoms with Crippen LogP contribution in [0.25, 0.3) is 10.1 Å². The van der Waals surface area contributed by atoms with Crippen molar-refractivity contribution in [2.24, 2.45) is 11.7 Å². The maximum atomic E-state index is 13.7. The van der Waals surface area contributed by atoms with Crippen LogP contribution >= 0.6 is 22.9 Å². The van der Waals surface area contributed by atoms with E-state index in [1.807, 2.05) is 60.7 Å². The average Bonchev–Trinajstić information content (AvgIpc) is 3.35. The Morgan fingerprint density at radius 2 is 1.75 bits per heavy atom. The van der Waals surface area contributed by atoms with E-state index in [2.05, 4.69) is 15.2 Å². The van der Waals surface area contributed by atoms with Crippen molar-refractivity contribution in [3.63, 3.8) is 0 Å². The van der Waals surface area contributed by atoms with Crippen LogP contribution in [0.4, 0.5) is 5.69 Å². The summed E-state index contributed by atoms with van der Waals surface area (Å²) in [5.74, 6) is -0.416. The maximum absolute atomic E-state index is 13.7. The van der Waals surface area contributed by atoms with Gasteiger partial charge in [0.2, 0.25) is 0 Å². The lowest BCUT2D eigenvalue weighted by atomic mass is 9.84. The normalized spacial score (nSPS) is 16.0. The number of carbonyl (C=O) groups excluding carboxylic acids is 2. The smallest absolute Gasteiger partial charge is 0.262 e. The molecule has 8 heteroatoms. The molecule has 5 rings (SSSR count). The molecule has 0 saturated carbocycles. The minimum Gasteiger partial charge on any atom is -0.371 e. The van der Waals surface area contributed by atoms with Crippen molar-refractivity contribution in [1.29, 1.82) is 0 Å². The van der Waals surface area contributed by atoms with E-state index in [-0.39, 0.29) is 17.6 Å². The van der Waals surface area contributed by atoms with E-state index >= 15 is 0 Å². The summed E-state index contributed by atoms with van der Waals surface area (Å²) in [4.78, 5) is 33.9. The predicted molar refractivity (Wildman–Crippen MR) is 146 cm³/mol. The number of fused-ring (bicyclic) bond motifs is 1. The standard InChI is InChI=1S/C28H27ClN4O2S/c29-21-7-6-20-16-24(36-23(20)17-21)28(35)32-26(19-4-2-1-3-5-19)27(34)25(30)18-10-14-33(15-11-18)22-8-12-31-13-9-22/h1-9,12-13,16-18,25-26H,10-11,14-15,30H2,(H,32,35)/t25?,26-/m1/s1. The van der Waals surface area contributed by atoms with Crippen molar-refractivity contribution in [2.75, 3.05) is 18.0 Å². The lowest BCUT2D eigenvalue weighted by Gasteiger charge is -2.36. The molecular formula is C28H27ClN4O2S. The Balaban J connectivity index is 1.32. The van der Waals surface area contributed by atoms with E-state index in [1.165, 1.54) is 11.3 Å². The third-order valence-electron chi connectivity index (χ3n) is 6.80. The summed E-state index contributed by atoms with van der Waals surface area (Å²) < 4.78 is 0.924. The number of rotatable bonds is 7. The van der Waals surface area contributed by atoms with E-state index in [0.29, 0.717) is 9.90 Å². The monoisotopic (exact) mass is 518 g/mol. The topological polar surface area (TPSA) is 88.3 Å². The number of ketones is 1. The van der Waals surface area contributed by atoms with Gasteiger partial charge in [-0.3, -0.25) is 14.6 Å². The van der Waals surface area contributed by atoms with Crippen molar-refractivity contribution >= 4 is 50.4 Å². The number of amides is 1. The molecule has 1 aliphatic heterocycles. The quantitative estimate of drug-likeness (QED) is 0.349. The van der Waals surface area contributed by atoms with Gasteiger partial charge in [0.15, 0.2) is 5.78 Å². The number of aromatic nitrogens is 1. The molecule has 184 valence electrons. The van der Waals surface area contributed by atoms with Crippen molar-refractivity contribution in [3.8, 4) is 0 Å². The molecule has 0 spiro atoms. The highest BCUT2D eigenvalue weighted by Crippen LogP contribution is 2.30. The maximum Gasteiger partial charge on any atom is 0.262 e. The summed E-state index contributed by atoms with van der Waals surface area (Å²) in [5, 5.41) is 4.53. The molecule has 1 amide bonds. The van der Waals surface area contributed by atoms with Crippen LogP contribution in [0.15, 0.2) is 79.1 Å². The van der Waals surface area contributed by atoms with Gasteiger partial charge in [0.25, 0.3) is 5.91 Å². The average molecular weight is 519 g/mol. The second-order valence-electron chi connectivity index (χ2n) is 9.07. The molecule has 1 saturated heterocycles. The minimum absolute atomic E-state index is 0.0465. The zero-order valence-electron chi connectivity index (χ0n) is 19.6. The fourth-order valence-corrected chi connectivity index (χ4v) is 6.02. The van der Waals surface area contributed by atoms with Gasteiger partial charge in [0, 0.05) is 40.9 Å². The van der Waals surface area contributed by atoms with Crippen molar-refractivity contribution in [2.45, 2.75) is 24.9 Å². The van der Waals surface area contributed by atoms with Gasteiger partial charge in [-0.15, -0.1) is 11.3 Å². The summed E-state index contributed by atoms with van der Waals surface area (Å²) in [5.41, 5.74) is 8.42. The summed E-state index contributed by atoms with van der Waals surface area (Å²) in [6.45, 7) is 1.64. The lowest BCUT2D eigenvalue weighted by Crippen LogP contribution is -2.49. The van der Waals surface area contributed by atoms with E-state index in [0.717, 1.165) is 47.3 Å². The number of carbonyl (C=O) groups is 2.